The lowest BCUT2D eigenvalue weighted by Gasteiger charge is -2.11. The van der Waals surface area contributed by atoms with Crippen LogP contribution in [0.2, 0.25) is 0 Å². The van der Waals surface area contributed by atoms with E-state index in [4.69, 9.17) is 0 Å². The van der Waals surface area contributed by atoms with E-state index in [1.165, 1.54) is 11.1 Å². The highest BCUT2D eigenvalue weighted by Crippen LogP contribution is 2.16. The first-order chi connectivity index (χ1) is 12.5. The van der Waals surface area contributed by atoms with Crippen molar-refractivity contribution in [2.45, 2.75) is 13.1 Å². The van der Waals surface area contributed by atoms with Crippen LogP contribution in [-0.4, -0.2) is 74.1 Å². The van der Waals surface area contributed by atoms with E-state index in [0.717, 1.165) is 50.7 Å². The second kappa shape index (κ2) is 11.0. The van der Waals surface area contributed by atoms with Gasteiger partial charge in [0.05, 0.1) is 11.4 Å². The number of aromatic nitrogens is 2. The van der Waals surface area contributed by atoms with Gasteiger partial charge in [0, 0.05) is 51.7 Å². The van der Waals surface area contributed by atoms with Crippen LogP contribution in [0.1, 0.15) is 11.1 Å². The van der Waals surface area contributed by atoms with E-state index in [1.807, 2.05) is 12.4 Å². The molecule has 0 aliphatic carbocycles. The molecule has 0 aliphatic heterocycles. The van der Waals surface area contributed by atoms with Crippen molar-refractivity contribution < 1.29 is 0 Å². The van der Waals surface area contributed by atoms with E-state index < -0.39 is 0 Å². The van der Waals surface area contributed by atoms with E-state index in [-0.39, 0.29) is 0 Å². The second-order valence-electron chi connectivity index (χ2n) is 7.06. The third-order valence-electron chi connectivity index (χ3n) is 4.04. The summed E-state index contributed by atoms with van der Waals surface area (Å²) in [4.78, 5) is 13.3. The van der Waals surface area contributed by atoms with Crippen LogP contribution < -0.4 is 10.6 Å². The van der Waals surface area contributed by atoms with Crippen LogP contribution in [0.3, 0.4) is 0 Å². The summed E-state index contributed by atoms with van der Waals surface area (Å²) in [6.07, 6.45) is 3.73. The van der Waals surface area contributed by atoms with Gasteiger partial charge in [0.15, 0.2) is 0 Å². The van der Waals surface area contributed by atoms with Gasteiger partial charge in [-0.2, -0.15) is 0 Å². The van der Waals surface area contributed by atoms with Crippen LogP contribution in [0.15, 0.2) is 36.7 Å². The fourth-order valence-electron chi connectivity index (χ4n) is 2.52. The summed E-state index contributed by atoms with van der Waals surface area (Å²) in [5, 5.41) is 6.93. The van der Waals surface area contributed by atoms with Gasteiger partial charge < -0.3 is 20.4 Å². The summed E-state index contributed by atoms with van der Waals surface area (Å²) < 4.78 is 0. The molecule has 0 aliphatic rings. The fraction of sp³-hybridized carbons (Fsp3) is 0.500. The number of hydrogen-bond acceptors (Lipinski definition) is 6. The first kappa shape index (κ1) is 20.5. The van der Waals surface area contributed by atoms with E-state index >= 15 is 0 Å². The molecule has 0 atom stereocenters. The molecule has 0 radical (unpaired) electrons. The lowest BCUT2D eigenvalue weighted by atomic mass is 10.1. The molecule has 142 valence electrons. The topological polar surface area (TPSA) is 56.3 Å². The van der Waals surface area contributed by atoms with Crippen LogP contribution in [0.5, 0.6) is 0 Å². The van der Waals surface area contributed by atoms with Gasteiger partial charge in [0.1, 0.15) is 0 Å². The normalized spacial score (nSPS) is 11.5. The van der Waals surface area contributed by atoms with Gasteiger partial charge in [-0.15, -0.1) is 0 Å². The summed E-state index contributed by atoms with van der Waals surface area (Å²) >= 11 is 0. The van der Waals surface area contributed by atoms with E-state index in [0.29, 0.717) is 0 Å². The summed E-state index contributed by atoms with van der Waals surface area (Å²) in [6, 6.07) is 8.35. The minimum Gasteiger partial charge on any atom is -0.311 e. The minimum absolute atomic E-state index is 0.842. The van der Waals surface area contributed by atoms with Gasteiger partial charge in [-0.05, 0) is 63.6 Å². The molecular weight excluding hydrogens is 324 g/mol. The lowest BCUT2D eigenvalue weighted by Crippen LogP contribution is -2.26. The molecule has 2 aromatic rings. The molecule has 0 amide bonds. The molecule has 2 heterocycles. The molecule has 2 rings (SSSR count). The molecule has 0 unspecified atom stereocenters. The molecule has 0 bridgehead atoms. The Morgan fingerprint density at radius 3 is 1.54 bits per heavy atom. The van der Waals surface area contributed by atoms with Crippen molar-refractivity contribution in [3.05, 3.63) is 47.8 Å². The fourth-order valence-corrected chi connectivity index (χ4v) is 2.52. The molecule has 0 saturated heterocycles. The lowest BCUT2D eigenvalue weighted by molar-refractivity contribution is 0.400. The summed E-state index contributed by atoms with van der Waals surface area (Å²) in [5.41, 5.74) is 4.30. The van der Waals surface area contributed by atoms with Gasteiger partial charge in [-0.25, -0.2) is 0 Å². The van der Waals surface area contributed by atoms with E-state index in [1.54, 1.807) is 0 Å². The average Bonchev–Trinajstić information content (AvgIpc) is 2.63. The van der Waals surface area contributed by atoms with Crippen molar-refractivity contribution in [1.82, 2.24) is 30.4 Å². The summed E-state index contributed by atoms with van der Waals surface area (Å²) in [6.45, 7) is 5.68. The summed E-state index contributed by atoms with van der Waals surface area (Å²) in [5.74, 6) is 0. The van der Waals surface area contributed by atoms with Crippen molar-refractivity contribution in [2.75, 3.05) is 54.4 Å². The molecule has 26 heavy (non-hydrogen) atoms. The maximum absolute atomic E-state index is 4.50. The molecule has 2 N–H and O–H groups in total. The van der Waals surface area contributed by atoms with Crippen molar-refractivity contribution in [2.24, 2.45) is 0 Å². The molecule has 0 fully saturated rings. The van der Waals surface area contributed by atoms with Gasteiger partial charge in [0.25, 0.3) is 0 Å². The SMILES string of the molecule is CN(C)CCNCc1ccnc(-c2cc(CNCCN(C)C)ccn2)c1. The van der Waals surface area contributed by atoms with E-state index in [9.17, 15) is 0 Å². The number of nitrogens with zero attached hydrogens (tertiary/aromatic N) is 4. The second-order valence-corrected chi connectivity index (χ2v) is 7.06. The predicted octanol–water partition coefficient (Wildman–Crippen LogP) is 1.45. The molecular formula is C20H32N6. The number of likely N-dealkylation sites (N-methyl/N-ethyl adjacent to an activating group) is 2. The van der Waals surface area contributed by atoms with Crippen molar-refractivity contribution in [3.63, 3.8) is 0 Å². The van der Waals surface area contributed by atoms with Gasteiger partial charge in [-0.3, -0.25) is 9.97 Å². The Bertz CT molecular complexity index is 599. The highest BCUT2D eigenvalue weighted by Gasteiger charge is 2.04. The van der Waals surface area contributed by atoms with Gasteiger partial charge in [0.2, 0.25) is 0 Å². The van der Waals surface area contributed by atoms with Gasteiger partial charge in [-0.1, -0.05) is 0 Å². The maximum atomic E-state index is 4.50. The monoisotopic (exact) mass is 356 g/mol. The maximum Gasteiger partial charge on any atom is 0.0889 e. The third-order valence-corrected chi connectivity index (χ3v) is 4.04. The molecule has 0 aromatic carbocycles. The first-order valence-corrected chi connectivity index (χ1v) is 9.15. The predicted molar refractivity (Wildman–Crippen MR) is 108 cm³/mol. The zero-order valence-electron chi connectivity index (χ0n) is 16.5. The van der Waals surface area contributed by atoms with E-state index in [2.05, 4.69) is 82.9 Å². The average molecular weight is 357 g/mol. The van der Waals surface area contributed by atoms with Crippen molar-refractivity contribution >= 4 is 0 Å². The molecule has 6 heteroatoms. The Balaban J connectivity index is 1.93. The highest BCUT2D eigenvalue weighted by molar-refractivity contribution is 5.55. The van der Waals surface area contributed by atoms with Gasteiger partial charge >= 0.3 is 0 Å². The quantitative estimate of drug-likeness (QED) is 0.595. The molecule has 2 aromatic heterocycles. The van der Waals surface area contributed by atoms with Crippen molar-refractivity contribution in [3.8, 4) is 11.4 Å². The number of rotatable bonds is 11. The van der Waals surface area contributed by atoms with Crippen LogP contribution in [0.4, 0.5) is 0 Å². The zero-order chi connectivity index (χ0) is 18.8. The Morgan fingerprint density at radius 2 is 1.15 bits per heavy atom. The standard InChI is InChI=1S/C20H32N6/c1-25(2)11-9-21-15-17-5-7-23-19(13-17)20-14-18(6-8-24-20)16-22-10-12-26(3)4/h5-8,13-14,21-22H,9-12,15-16H2,1-4H3. The Labute approximate surface area is 157 Å². The smallest absolute Gasteiger partial charge is 0.0889 e. The number of hydrogen-bond donors (Lipinski definition) is 2. The third kappa shape index (κ3) is 7.58. The largest absolute Gasteiger partial charge is 0.311 e. The van der Waals surface area contributed by atoms with Crippen LogP contribution in [-0.2, 0) is 13.1 Å². The number of pyridine rings is 2. The minimum atomic E-state index is 0.842. The molecule has 0 spiro atoms. The van der Waals surface area contributed by atoms with Crippen LogP contribution >= 0.6 is 0 Å². The summed E-state index contributed by atoms with van der Waals surface area (Å²) in [7, 11) is 8.33. The van der Waals surface area contributed by atoms with Crippen molar-refractivity contribution in [1.29, 1.82) is 0 Å². The Hall–Kier alpha value is -1.86. The first-order valence-electron chi connectivity index (χ1n) is 9.15. The Kier molecular flexibility index (Phi) is 8.64. The molecule has 0 saturated carbocycles. The zero-order valence-corrected chi connectivity index (χ0v) is 16.5. The Morgan fingerprint density at radius 1 is 0.731 bits per heavy atom. The highest BCUT2D eigenvalue weighted by atomic mass is 15.1. The molecule has 6 nitrogen and oxygen atoms in total. The number of nitrogens with one attached hydrogen (secondary N) is 2. The van der Waals surface area contributed by atoms with Crippen LogP contribution in [0.25, 0.3) is 11.4 Å². The van der Waals surface area contributed by atoms with Crippen LogP contribution in [0, 0.1) is 0 Å².